The molecule has 1 aromatic carbocycles. The molecule has 1 amide bonds. The topological polar surface area (TPSA) is 70.5 Å². The smallest absolute Gasteiger partial charge is 0.323 e. The number of aromatic nitrogens is 1. The van der Waals surface area contributed by atoms with Gasteiger partial charge in [0, 0.05) is 10.9 Å². The number of halogens is 1. The van der Waals surface area contributed by atoms with Crippen LogP contribution in [0.1, 0.15) is 11.1 Å². The highest BCUT2D eigenvalue weighted by molar-refractivity contribution is 8.26. The molecule has 5 nitrogen and oxygen atoms in total. The van der Waals surface area contributed by atoms with Gasteiger partial charge in [-0.25, -0.2) is 4.98 Å². The summed E-state index contributed by atoms with van der Waals surface area (Å²) < 4.78 is 0.217. The zero-order valence-electron chi connectivity index (χ0n) is 12.4. The van der Waals surface area contributed by atoms with E-state index >= 15 is 0 Å². The summed E-state index contributed by atoms with van der Waals surface area (Å²) in [6.07, 6.45) is 1.60. The van der Waals surface area contributed by atoms with Gasteiger partial charge in [0.05, 0.1) is 10.4 Å². The predicted octanol–water partition coefficient (Wildman–Crippen LogP) is 3.48. The van der Waals surface area contributed by atoms with Crippen LogP contribution in [0.25, 0.3) is 17.0 Å². The largest absolute Gasteiger partial charge is 0.480 e. The quantitative estimate of drug-likeness (QED) is 0.501. The number of hydrogen-bond acceptors (Lipinski definition) is 5. The minimum Gasteiger partial charge on any atom is -0.480 e. The lowest BCUT2D eigenvalue weighted by Crippen LogP contribution is -2.33. The number of thiocarbonyl (C=S) groups is 1. The van der Waals surface area contributed by atoms with E-state index < -0.39 is 18.4 Å². The summed E-state index contributed by atoms with van der Waals surface area (Å²) in [5.74, 6) is -1.55. The number of thioether (sulfide) groups is 1. The first-order valence-electron chi connectivity index (χ1n) is 6.90. The van der Waals surface area contributed by atoms with Crippen LogP contribution in [0.4, 0.5) is 0 Å². The van der Waals surface area contributed by atoms with Crippen molar-refractivity contribution in [3.8, 4) is 0 Å². The van der Waals surface area contributed by atoms with Crippen molar-refractivity contribution in [2.75, 3.05) is 6.54 Å². The number of amides is 1. The summed E-state index contributed by atoms with van der Waals surface area (Å²) in [4.78, 5) is 28.9. The van der Waals surface area contributed by atoms with Crippen LogP contribution in [-0.4, -0.2) is 37.7 Å². The Kier molecular flexibility index (Phi) is 4.58. The molecule has 0 unspecified atom stereocenters. The van der Waals surface area contributed by atoms with Crippen LogP contribution >= 0.6 is 35.6 Å². The number of rotatable bonds is 3. The molecule has 8 heteroatoms. The molecular formula is C16H11ClN2O3S2. The molecule has 0 atom stereocenters. The normalized spacial score (nSPS) is 16.4. The van der Waals surface area contributed by atoms with Crippen molar-refractivity contribution in [2.45, 2.75) is 6.92 Å². The van der Waals surface area contributed by atoms with Crippen LogP contribution in [0.3, 0.4) is 0 Å². The number of nitrogens with zero attached hydrogens (tertiary/aromatic N) is 2. The summed E-state index contributed by atoms with van der Waals surface area (Å²) in [5.41, 5.74) is 2.40. The Morgan fingerprint density at radius 3 is 2.96 bits per heavy atom. The third-order valence-electron chi connectivity index (χ3n) is 3.48. The Morgan fingerprint density at radius 1 is 1.50 bits per heavy atom. The van der Waals surface area contributed by atoms with Gasteiger partial charge < -0.3 is 5.11 Å². The average molecular weight is 379 g/mol. The second kappa shape index (κ2) is 6.51. The van der Waals surface area contributed by atoms with Gasteiger partial charge in [0.1, 0.15) is 16.0 Å². The third-order valence-corrected chi connectivity index (χ3v) is 5.16. The zero-order valence-corrected chi connectivity index (χ0v) is 14.8. The highest BCUT2D eigenvalue weighted by Crippen LogP contribution is 2.34. The number of benzene rings is 1. The lowest BCUT2D eigenvalue weighted by molar-refractivity contribution is -0.140. The van der Waals surface area contributed by atoms with Crippen molar-refractivity contribution >= 4 is 68.8 Å². The van der Waals surface area contributed by atoms with E-state index in [4.69, 9.17) is 28.9 Å². The van der Waals surface area contributed by atoms with Crippen LogP contribution in [0.5, 0.6) is 0 Å². The summed E-state index contributed by atoms with van der Waals surface area (Å²) in [5, 5.41) is 10.0. The minimum absolute atomic E-state index is 0.217. The summed E-state index contributed by atoms with van der Waals surface area (Å²) in [6.45, 7) is 1.49. The molecule has 2 heterocycles. The van der Waals surface area contributed by atoms with Gasteiger partial charge in [-0.15, -0.1) is 0 Å². The zero-order chi connectivity index (χ0) is 17.4. The molecule has 2 aromatic rings. The molecule has 1 saturated heterocycles. The molecule has 0 spiro atoms. The van der Waals surface area contributed by atoms with Crippen LogP contribution in [0.2, 0.25) is 5.15 Å². The van der Waals surface area contributed by atoms with E-state index in [2.05, 4.69) is 4.98 Å². The fourth-order valence-corrected chi connectivity index (χ4v) is 3.79. The molecule has 0 radical (unpaired) electrons. The predicted molar refractivity (Wildman–Crippen MR) is 99.0 cm³/mol. The SMILES string of the molecule is Cc1cccc2cc(/C=C3\SC(=S)N(CC(=O)O)C3=O)c(Cl)nc12. The fraction of sp³-hybridized carbons (Fsp3) is 0.125. The first-order chi connectivity index (χ1) is 11.4. The third kappa shape index (κ3) is 3.15. The van der Waals surface area contributed by atoms with Crippen molar-refractivity contribution in [1.82, 2.24) is 9.88 Å². The number of fused-ring (bicyclic) bond motifs is 1. The monoisotopic (exact) mass is 378 g/mol. The molecule has 1 aromatic heterocycles. The van der Waals surface area contributed by atoms with E-state index in [9.17, 15) is 9.59 Å². The van der Waals surface area contributed by atoms with E-state index in [0.717, 1.165) is 33.1 Å². The van der Waals surface area contributed by atoms with Gasteiger partial charge in [0.15, 0.2) is 0 Å². The number of aliphatic carboxylic acids is 1. The van der Waals surface area contributed by atoms with Crippen LogP contribution in [0, 0.1) is 6.92 Å². The maximum absolute atomic E-state index is 12.3. The van der Waals surface area contributed by atoms with Crippen LogP contribution < -0.4 is 0 Å². The number of carboxylic acids is 1. The van der Waals surface area contributed by atoms with Gasteiger partial charge in [-0.1, -0.05) is 53.8 Å². The Hall–Kier alpha value is -1.96. The Balaban J connectivity index is 2.01. The maximum atomic E-state index is 12.3. The van der Waals surface area contributed by atoms with Gasteiger partial charge in [-0.2, -0.15) is 0 Å². The number of aryl methyl sites for hydroxylation is 1. The average Bonchev–Trinajstić information content (AvgIpc) is 2.76. The second-order valence-electron chi connectivity index (χ2n) is 5.18. The molecule has 0 bridgehead atoms. The highest BCUT2D eigenvalue weighted by Gasteiger charge is 2.33. The maximum Gasteiger partial charge on any atom is 0.323 e. The van der Waals surface area contributed by atoms with Gasteiger partial charge >= 0.3 is 5.97 Å². The van der Waals surface area contributed by atoms with E-state index in [1.807, 2.05) is 31.2 Å². The van der Waals surface area contributed by atoms with Gasteiger partial charge in [-0.3, -0.25) is 14.5 Å². The molecule has 24 heavy (non-hydrogen) atoms. The molecule has 0 saturated carbocycles. The van der Waals surface area contributed by atoms with Crippen molar-refractivity contribution < 1.29 is 14.7 Å². The van der Waals surface area contributed by atoms with Gasteiger partial charge in [0.2, 0.25) is 0 Å². The number of carbonyl (C=O) groups excluding carboxylic acids is 1. The lowest BCUT2D eigenvalue weighted by atomic mass is 10.1. The standard InChI is InChI=1S/C16H11ClN2O3S2/c1-8-3-2-4-9-5-10(14(17)18-13(8)9)6-11-15(22)19(7-12(20)21)16(23)24-11/h2-6H,7H2,1H3,(H,20,21)/b11-6-. The van der Waals surface area contributed by atoms with Crippen molar-refractivity contribution in [3.05, 3.63) is 45.5 Å². The van der Waals surface area contributed by atoms with Gasteiger partial charge in [-0.05, 0) is 24.6 Å². The Bertz CT molecular complexity index is 927. The highest BCUT2D eigenvalue weighted by atomic mass is 35.5. The number of para-hydroxylation sites is 1. The fourth-order valence-electron chi connectivity index (χ4n) is 2.35. The van der Waals surface area contributed by atoms with Crippen LogP contribution in [-0.2, 0) is 9.59 Å². The van der Waals surface area contributed by atoms with E-state index in [1.165, 1.54) is 0 Å². The van der Waals surface area contributed by atoms with E-state index in [0.29, 0.717) is 10.5 Å². The van der Waals surface area contributed by atoms with Crippen molar-refractivity contribution in [3.63, 3.8) is 0 Å². The summed E-state index contributed by atoms with van der Waals surface area (Å²) >= 11 is 12.4. The first kappa shape index (κ1) is 16.9. The molecule has 3 rings (SSSR count). The molecule has 122 valence electrons. The minimum atomic E-state index is -1.12. The number of hydrogen-bond donors (Lipinski definition) is 1. The second-order valence-corrected chi connectivity index (χ2v) is 7.21. The Labute approximate surface area is 152 Å². The van der Waals surface area contributed by atoms with Gasteiger partial charge in [0.25, 0.3) is 5.91 Å². The summed E-state index contributed by atoms with van der Waals surface area (Å²) in [7, 11) is 0. The Morgan fingerprint density at radius 2 is 2.25 bits per heavy atom. The van der Waals surface area contributed by atoms with E-state index in [-0.39, 0.29) is 9.47 Å². The van der Waals surface area contributed by atoms with E-state index in [1.54, 1.807) is 6.08 Å². The molecule has 0 aliphatic carbocycles. The lowest BCUT2D eigenvalue weighted by Gasteiger charge is -2.10. The molecule has 1 N–H and O–H groups in total. The number of carbonyl (C=O) groups is 2. The molecule has 1 aliphatic heterocycles. The number of pyridine rings is 1. The van der Waals surface area contributed by atoms with Crippen molar-refractivity contribution in [1.29, 1.82) is 0 Å². The van der Waals surface area contributed by atoms with Crippen molar-refractivity contribution in [2.24, 2.45) is 0 Å². The van der Waals surface area contributed by atoms with Crippen LogP contribution in [0.15, 0.2) is 29.2 Å². The molecular weight excluding hydrogens is 368 g/mol. The molecule has 1 aliphatic rings. The first-order valence-corrected chi connectivity index (χ1v) is 8.50. The molecule has 1 fully saturated rings. The summed E-state index contributed by atoms with van der Waals surface area (Å²) in [6, 6.07) is 7.63. The number of carboxylic acid groups (broad SMARTS) is 1.